The Bertz CT molecular complexity index is 861. The Morgan fingerprint density at radius 3 is 2.57 bits per heavy atom. The summed E-state index contributed by atoms with van der Waals surface area (Å²) in [6, 6.07) is 17.3. The van der Waals surface area contributed by atoms with Crippen molar-refractivity contribution in [2.24, 2.45) is 0 Å². The van der Waals surface area contributed by atoms with E-state index in [1.807, 2.05) is 42.5 Å². The molecule has 0 saturated heterocycles. The van der Waals surface area contributed by atoms with Gasteiger partial charge in [-0.2, -0.15) is 4.68 Å². The summed E-state index contributed by atoms with van der Waals surface area (Å²) in [4.78, 5) is 16.9. The number of aromatic nitrogens is 3. The van der Waals surface area contributed by atoms with Crippen molar-refractivity contribution >= 4 is 29.3 Å². The van der Waals surface area contributed by atoms with Gasteiger partial charge in [0.15, 0.2) is 11.0 Å². The third-order valence-corrected chi connectivity index (χ3v) is 5.15. The van der Waals surface area contributed by atoms with Crippen molar-refractivity contribution in [3.63, 3.8) is 0 Å². The Labute approximate surface area is 142 Å². The summed E-state index contributed by atoms with van der Waals surface area (Å²) in [5, 5.41) is 5.73. The molecule has 0 fully saturated rings. The van der Waals surface area contributed by atoms with Gasteiger partial charge in [0, 0.05) is 22.3 Å². The Morgan fingerprint density at radius 1 is 1.09 bits per heavy atom. The highest BCUT2D eigenvalue weighted by Gasteiger charge is 2.29. The highest BCUT2D eigenvalue weighted by molar-refractivity contribution is 7.99. The second-order valence-electron chi connectivity index (χ2n) is 5.25. The molecule has 2 aromatic carbocycles. The van der Waals surface area contributed by atoms with Gasteiger partial charge in [0.1, 0.15) is 0 Å². The van der Waals surface area contributed by atoms with E-state index in [4.69, 9.17) is 11.6 Å². The molecule has 6 heteroatoms. The first-order chi connectivity index (χ1) is 11.2. The van der Waals surface area contributed by atoms with Crippen LogP contribution in [0.4, 0.5) is 0 Å². The number of halogens is 1. The van der Waals surface area contributed by atoms with Gasteiger partial charge in [-0.3, -0.25) is 4.79 Å². The molecular formula is C17H12ClN3OS. The lowest BCUT2D eigenvalue weighted by atomic mass is 10.1. The van der Waals surface area contributed by atoms with Crippen LogP contribution >= 0.6 is 23.4 Å². The van der Waals surface area contributed by atoms with E-state index in [0.29, 0.717) is 22.4 Å². The van der Waals surface area contributed by atoms with Crippen LogP contribution in [0, 0.1) is 0 Å². The van der Waals surface area contributed by atoms with Gasteiger partial charge >= 0.3 is 0 Å². The fourth-order valence-corrected chi connectivity index (χ4v) is 3.81. The molecule has 0 unspecified atom stereocenters. The summed E-state index contributed by atoms with van der Waals surface area (Å²) in [5.41, 5.74) is 1.98. The molecule has 3 aromatic rings. The number of carbonyl (C=O) groups is 1. The lowest BCUT2D eigenvalue weighted by Crippen LogP contribution is -2.20. The van der Waals surface area contributed by atoms with Crippen LogP contribution in [0.15, 0.2) is 59.8 Å². The second-order valence-corrected chi connectivity index (χ2v) is 6.86. The van der Waals surface area contributed by atoms with Crippen LogP contribution in [0.25, 0.3) is 11.4 Å². The number of nitrogens with zero attached hydrogens (tertiary/aromatic N) is 3. The molecule has 0 radical (unpaired) electrons. The number of hydrogen-bond acceptors (Lipinski definition) is 4. The minimum atomic E-state index is -0.0275. The molecule has 0 amide bonds. The van der Waals surface area contributed by atoms with Crippen LogP contribution in [0.1, 0.15) is 22.0 Å². The van der Waals surface area contributed by atoms with E-state index in [2.05, 4.69) is 10.1 Å². The van der Waals surface area contributed by atoms with Crippen LogP contribution in [0.2, 0.25) is 5.02 Å². The molecule has 1 aliphatic heterocycles. The largest absolute Gasteiger partial charge is 0.272 e. The van der Waals surface area contributed by atoms with Gasteiger partial charge in [0.25, 0.3) is 5.91 Å². The zero-order valence-electron chi connectivity index (χ0n) is 12.0. The van der Waals surface area contributed by atoms with Crippen molar-refractivity contribution in [3.8, 4) is 11.4 Å². The number of hydrogen-bond donors (Lipinski definition) is 0. The zero-order chi connectivity index (χ0) is 15.8. The molecule has 0 bridgehead atoms. The molecule has 23 heavy (non-hydrogen) atoms. The summed E-state index contributed by atoms with van der Waals surface area (Å²) in [6.07, 6.45) is 0.422. The highest BCUT2D eigenvalue weighted by Crippen LogP contribution is 2.41. The summed E-state index contributed by atoms with van der Waals surface area (Å²) in [7, 11) is 0. The Kier molecular flexibility index (Phi) is 3.67. The van der Waals surface area contributed by atoms with Crippen LogP contribution in [0.5, 0.6) is 0 Å². The molecule has 4 rings (SSSR count). The molecule has 1 aromatic heterocycles. The Hall–Kier alpha value is -2.11. The van der Waals surface area contributed by atoms with E-state index in [1.54, 1.807) is 23.9 Å². The van der Waals surface area contributed by atoms with Gasteiger partial charge in [0.05, 0.1) is 0 Å². The van der Waals surface area contributed by atoms with Gasteiger partial charge in [0.2, 0.25) is 0 Å². The van der Waals surface area contributed by atoms with E-state index in [-0.39, 0.29) is 11.2 Å². The topological polar surface area (TPSA) is 47.8 Å². The van der Waals surface area contributed by atoms with Gasteiger partial charge in [-0.25, -0.2) is 4.98 Å². The monoisotopic (exact) mass is 341 g/mol. The molecule has 114 valence electrons. The lowest BCUT2D eigenvalue weighted by molar-refractivity contribution is 0.0868. The van der Waals surface area contributed by atoms with Crippen molar-refractivity contribution in [2.45, 2.75) is 16.8 Å². The van der Waals surface area contributed by atoms with E-state index >= 15 is 0 Å². The third-order valence-electron chi connectivity index (χ3n) is 3.70. The average molecular weight is 342 g/mol. The minimum absolute atomic E-state index is 0.0275. The van der Waals surface area contributed by atoms with Crippen LogP contribution < -0.4 is 0 Å². The number of benzene rings is 2. The minimum Gasteiger partial charge on any atom is -0.272 e. The first kappa shape index (κ1) is 14.5. The molecular weight excluding hydrogens is 330 g/mol. The average Bonchev–Trinajstić information content (AvgIpc) is 3.01. The molecule has 2 heterocycles. The molecule has 0 N–H and O–H groups in total. The second kappa shape index (κ2) is 5.83. The van der Waals surface area contributed by atoms with E-state index in [0.717, 1.165) is 11.1 Å². The fourth-order valence-electron chi connectivity index (χ4n) is 2.53. The lowest BCUT2D eigenvalue weighted by Gasteiger charge is -2.20. The van der Waals surface area contributed by atoms with Crippen LogP contribution in [0.3, 0.4) is 0 Å². The highest BCUT2D eigenvalue weighted by atomic mass is 35.5. The molecule has 4 nitrogen and oxygen atoms in total. The fraction of sp³-hybridized carbons (Fsp3) is 0.118. The van der Waals surface area contributed by atoms with Gasteiger partial charge in [-0.1, -0.05) is 53.7 Å². The molecule has 1 aliphatic rings. The van der Waals surface area contributed by atoms with Crippen molar-refractivity contribution in [1.29, 1.82) is 0 Å². The summed E-state index contributed by atoms with van der Waals surface area (Å²) in [6.45, 7) is 0. The SMILES string of the molecule is O=C1C[C@@H](c2ccccc2)Sc2nc(-c3ccc(Cl)cc3)nn21. The van der Waals surface area contributed by atoms with Crippen molar-refractivity contribution < 1.29 is 4.79 Å². The number of carbonyl (C=O) groups excluding carboxylic acids is 1. The summed E-state index contributed by atoms with van der Waals surface area (Å²) < 4.78 is 1.41. The van der Waals surface area contributed by atoms with Crippen molar-refractivity contribution in [3.05, 3.63) is 65.2 Å². The van der Waals surface area contributed by atoms with E-state index < -0.39 is 0 Å². The predicted molar refractivity (Wildman–Crippen MR) is 90.8 cm³/mol. The molecule has 0 aliphatic carbocycles. The standard InChI is InChI=1S/C17H12ClN3OS/c18-13-8-6-12(7-9-13)16-19-17-21(20-16)15(22)10-14(23-17)11-4-2-1-3-5-11/h1-9,14H,10H2/t14-/m0/s1. The molecule has 0 spiro atoms. The van der Waals surface area contributed by atoms with Gasteiger partial charge < -0.3 is 0 Å². The summed E-state index contributed by atoms with van der Waals surface area (Å²) >= 11 is 7.48. The Balaban J connectivity index is 1.68. The number of rotatable bonds is 2. The smallest absolute Gasteiger partial charge is 0.250 e. The van der Waals surface area contributed by atoms with Crippen molar-refractivity contribution in [1.82, 2.24) is 14.8 Å². The maximum absolute atomic E-state index is 12.4. The number of thioether (sulfide) groups is 1. The Morgan fingerprint density at radius 2 is 1.83 bits per heavy atom. The first-order valence-electron chi connectivity index (χ1n) is 7.18. The summed E-state index contributed by atoms with van der Waals surface area (Å²) in [5.74, 6) is 0.520. The van der Waals surface area contributed by atoms with E-state index in [1.165, 1.54) is 4.68 Å². The maximum atomic E-state index is 12.4. The normalized spacial score (nSPS) is 17.1. The van der Waals surface area contributed by atoms with Crippen LogP contribution in [-0.4, -0.2) is 20.7 Å². The molecule has 0 saturated carbocycles. The van der Waals surface area contributed by atoms with E-state index in [9.17, 15) is 4.79 Å². The first-order valence-corrected chi connectivity index (χ1v) is 8.44. The van der Waals surface area contributed by atoms with Crippen molar-refractivity contribution in [2.75, 3.05) is 0 Å². The van der Waals surface area contributed by atoms with Gasteiger partial charge in [-0.05, 0) is 29.8 Å². The number of fused-ring (bicyclic) bond motifs is 1. The predicted octanol–water partition coefficient (Wildman–Crippen LogP) is 4.48. The maximum Gasteiger partial charge on any atom is 0.250 e. The zero-order valence-corrected chi connectivity index (χ0v) is 13.6. The third kappa shape index (κ3) is 2.78. The van der Waals surface area contributed by atoms with Gasteiger partial charge in [-0.15, -0.1) is 5.10 Å². The molecule has 1 atom stereocenters. The quantitative estimate of drug-likeness (QED) is 0.689. The van der Waals surface area contributed by atoms with Crippen LogP contribution in [-0.2, 0) is 0 Å².